The second-order valence-electron chi connectivity index (χ2n) is 7.49. The van der Waals surface area contributed by atoms with Crippen molar-refractivity contribution in [1.82, 2.24) is 4.90 Å². The monoisotopic (exact) mass is 441 g/mol. The predicted octanol–water partition coefficient (Wildman–Crippen LogP) is 4.85. The van der Waals surface area contributed by atoms with Gasteiger partial charge in [-0.3, -0.25) is 4.79 Å². The van der Waals surface area contributed by atoms with Crippen molar-refractivity contribution >= 4 is 28.9 Å². The third kappa shape index (κ3) is 4.99. The molecule has 0 spiro atoms. The molecule has 1 fully saturated rings. The number of aromatic hydroxyl groups is 1. The fourth-order valence-electron chi connectivity index (χ4n) is 3.62. The van der Waals surface area contributed by atoms with Crippen LogP contribution in [0.5, 0.6) is 5.75 Å². The first-order chi connectivity index (χ1) is 14.1. The fourth-order valence-corrected chi connectivity index (χ4v) is 3.79. The third-order valence-corrected chi connectivity index (χ3v) is 5.61. The number of carbonyl (C=O) groups is 1. The van der Waals surface area contributed by atoms with Gasteiger partial charge in [0.2, 0.25) is 0 Å². The van der Waals surface area contributed by atoms with Gasteiger partial charge in [-0.15, -0.1) is 0 Å². The molecule has 3 rings (SSSR count). The summed E-state index contributed by atoms with van der Waals surface area (Å²) in [4.78, 5) is 16.2. The Hall–Kier alpha value is -2.45. The van der Waals surface area contributed by atoms with Gasteiger partial charge < -0.3 is 20.2 Å². The van der Waals surface area contributed by atoms with Crippen molar-refractivity contribution in [1.29, 1.82) is 0 Å². The number of benzene rings is 2. The summed E-state index contributed by atoms with van der Waals surface area (Å²) in [5, 5.41) is 12.5. The number of amides is 1. The van der Waals surface area contributed by atoms with Gasteiger partial charge in [-0.2, -0.15) is 13.2 Å². The van der Waals surface area contributed by atoms with Crippen LogP contribution in [0.2, 0.25) is 5.02 Å². The Morgan fingerprint density at radius 1 is 1.20 bits per heavy atom. The van der Waals surface area contributed by atoms with Crippen molar-refractivity contribution in [2.75, 3.05) is 37.4 Å². The summed E-state index contributed by atoms with van der Waals surface area (Å²) < 4.78 is 41.4. The number of anilines is 2. The molecule has 1 aliphatic rings. The van der Waals surface area contributed by atoms with Crippen LogP contribution in [0.15, 0.2) is 36.4 Å². The summed E-state index contributed by atoms with van der Waals surface area (Å²) in [6.45, 7) is 1.65. The first kappa shape index (κ1) is 22.2. The number of phenols is 1. The topological polar surface area (TPSA) is 55.8 Å². The van der Waals surface area contributed by atoms with Crippen molar-refractivity contribution in [3.8, 4) is 5.75 Å². The summed E-state index contributed by atoms with van der Waals surface area (Å²) in [6, 6.07) is 7.62. The number of piperidine rings is 1. The zero-order chi connectivity index (χ0) is 22.1. The number of nitrogens with one attached hydrogen (secondary N) is 1. The van der Waals surface area contributed by atoms with Crippen LogP contribution >= 0.6 is 11.6 Å². The van der Waals surface area contributed by atoms with E-state index in [1.54, 1.807) is 11.9 Å². The number of hydrogen-bond donors (Lipinski definition) is 2. The molecule has 162 valence electrons. The summed E-state index contributed by atoms with van der Waals surface area (Å²) in [5.74, 6) is -1.06. The van der Waals surface area contributed by atoms with Crippen LogP contribution in [-0.4, -0.2) is 49.1 Å². The Balaban J connectivity index is 1.87. The van der Waals surface area contributed by atoms with Gasteiger partial charge >= 0.3 is 6.18 Å². The zero-order valence-electron chi connectivity index (χ0n) is 16.6. The van der Waals surface area contributed by atoms with E-state index in [0.717, 1.165) is 32.0 Å². The smallest absolute Gasteiger partial charge is 0.418 e. The highest BCUT2D eigenvalue weighted by Crippen LogP contribution is 2.39. The summed E-state index contributed by atoms with van der Waals surface area (Å²) in [5.41, 5.74) is -0.895. The first-order valence-corrected chi connectivity index (χ1v) is 9.86. The molecule has 1 heterocycles. The standard InChI is InChI=1S/C21H23ClF3N3O2/c1-27-9-7-15(8-10-27)28(2)18-5-4-14(12-17(18)21(23,24)25)26-20(30)16-11-13(22)3-6-19(16)29/h3-6,11-12,15,29H,7-10H2,1-2H3,(H,26,30). The Morgan fingerprint density at radius 3 is 2.50 bits per heavy atom. The molecule has 0 aromatic heterocycles. The molecular formula is C21H23ClF3N3O2. The lowest BCUT2D eigenvalue weighted by Crippen LogP contribution is -2.42. The molecule has 1 aliphatic heterocycles. The van der Waals surface area contributed by atoms with Gasteiger partial charge in [0.1, 0.15) is 5.75 Å². The summed E-state index contributed by atoms with van der Waals surface area (Å²) in [6.07, 6.45) is -3.04. The Labute approximate surface area is 178 Å². The fraction of sp³-hybridized carbons (Fsp3) is 0.381. The number of alkyl halides is 3. The largest absolute Gasteiger partial charge is 0.507 e. The molecule has 2 aromatic rings. The molecule has 9 heteroatoms. The van der Waals surface area contributed by atoms with Crippen LogP contribution in [0, 0.1) is 0 Å². The Morgan fingerprint density at radius 2 is 1.87 bits per heavy atom. The van der Waals surface area contributed by atoms with Gasteiger partial charge in [0.05, 0.1) is 11.1 Å². The van der Waals surface area contributed by atoms with Gasteiger partial charge in [-0.25, -0.2) is 0 Å². The number of nitrogens with zero attached hydrogens (tertiary/aromatic N) is 2. The first-order valence-electron chi connectivity index (χ1n) is 9.48. The minimum Gasteiger partial charge on any atom is -0.507 e. The molecular weight excluding hydrogens is 419 g/mol. The highest BCUT2D eigenvalue weighted by Gasteiger charge is 2.36. The van der Waals surface area contributed by atoms with E-state index in [0.29, 0.717) is 0 Å². The van der Waals surface area contributed by atoms with Crippen LogP contribution in [-0.2, 0) is 6.18 Å². The lowest BCUT2D eigenvalue weighted by molar-refractivity contribution is -0.137. The third-order valence-electron chi connectivity index (χ3n) is 5.38. The maximum Gasteiger partial charge on any atom is 0.418 e. The normalized spacial score (nSPS) is 15.8. The minimum absolute atomic E-state index is 0.00569. The maximum absolute atomic E-state index is 13.8. The van der Waals surface area contributed by atoms with Crippen LogP contribution in [0.4, 0.5) is 24.5 Å². The van der Waals surface area contributed by atoms with Gasteiger partial charge in [-0.1, -0.05) is 11.6 Å². The molecule has 0 radical (unpaired) electrons. The van der Waals surface area contributed by atoms with E-state index >= 15 is 0 Å². The van der Waals surface area contributed by atoms with E-state index in [-0.39, 0.29) is 33.8 Å². The van der Waals surface area contributed by atoms with Crippen molar-refractivity contribution < 1.29 is 23.1 Å². The molecule has 30 heavy (non-hydrogen) atoms. The SMILES string of the molecule is CN1CCC(N(C)c2ccc(NC(=O)c3cc(Cl)ccc3O)cc2C(F)(F)F)CC1. The van der Waals surface area contributed by atoms with Crippen LogP contribution in [0.3, 0.4) is 0 Å². The molecule has 2 N–H and O–H groups in total. The number of likely N-dealkylation sites (tertiary alicyclic amines) is 1. The highest BCUT2D eigenvalue weighted by atomic mass is 35.5. The number of rotatable bonds is 4. The molecule has 1 saturated heterocycles. The van der Waals surface area contributed by atoms with Crippen LogP contribution < -0.4 is 10.2 Å². The number of hydrogen-bond acceptors (Lipinski definition) is 4. The van der Waals surface area contributed by atoms with Gasteiger partial charge in [0, 0.05) is 29.5 Å². The second-order valence-corrected chi connectivity index (χ2v) is 7.93. The Kier molecular flexibility index (Phi) is 6.47. The van der Waals surface area contributed by atoms with Crippen LogP contribution in [0.25, 0.3) is 0 Å². The molecule has 0 bridgehead atoms. The van der Waals surface area contributed by atoms with Crippen molar-refractivity contribution in [3.63, 3.8) is 0 Å². The van der Waals surface area contributed by atoms with Gasteiger partial charge in [-0.05, 0) is 69.4 Å². The number of phenolic OH excluding ortho intramolecular Hbond substituents is 1. The van der Waals surface area contributed by atoms with E-state index < -0.39 is 17.6 Å². The second kappa shape index (κ2) is 8.73. The summed E-state index contributed by atoms with van der Waals surface area (Å²) >= 11 is 5.84. The van der Waals surface area contributed by atoms with Crippen molar-refractivity contribution in [2.45, 2.75) is 25.1 Å². The predicted molar refractivity (Wildman–Crippen MR) is 111 cm³/mol. The molecule has 1 amide bonds. The van der Waals surface area contributed by atoms with E-state index in [9.17, 15) is 23.1 Å². The lowest BCUT2D eigenvalue weighted by Gasteiger charge is -2.37. The molecule has 0 atom stereocenters. The van der Waals surface area contributed by atoms with Crippen molar-refractivity contribution in [2.24, 2.45) is 0 Å². The van der Waals surface area contributed by atoms with Gasteiger partial charge in [0.25, 0.3) is 5.91 Å². The van der Waals surface area contributed by atoms with Crippen LogP contribution in [0.1, 0.15) is 28.8 Å². The quantitative estimate of drug-likeness (QED) is 0.712. The summed E-state index contributed by atoms with van der Waals surface area (Å²) in [7, 11) is 3.66. The van der Waals surface area contributed by atoms with E-state index in [2.05, 4.69) is 10.2 Å². The molecule has 5 nitrogen and oxygen atoms in total. The average molecular weight is 442 g/mol. The average Bonchev–Trinajstić information content (AvgIpc) is 2.69. The van der Waals surface area contributed by atoms with Gasteiger partial charge in [0.15, 0.2) is 0 Å². The van der Waals surface area contributed by atoms with E-state index in [1.165, 1.54) is 30.3 Å². The molecule has 2 aromatic carbocycles. The number of halogens is 4. The maximum atomic E-state index is 13.8. The lowest BCUT2D eigenvalue weighted by atomic mass is 10.0. The molecule has 0 saturated carbocycles. The molecule has 0 aliphatic carbocycles. The van der Waals surface area contributed by atoms with E-state index in [1.807, 2.05) is 7.05 Å². The Bertz CT molecular complexity index is 928. The van der Waals surface area contributed by atoms with Crippen molar-refractivity contribution in [3.05, 3.63) is 52.5 Å². The zero-order valence-corrected chi connectivity index (χ0v) is 17.4. The minimum atomic E-state index is -4.59. The molecule has 0 unspecified atom stereocenters. The highest BCUT2D eigenvalue weighted by molar-refractivity contribution is 6.31. The van der Waals surface area contributed by atoms with E-state index in [4.69, 9.17) is 11.6 Å². The number of carbonyl (C=O) groups excluding carboxylic acids is 1.